The number of quaternary nitrogens is 1. The minimum absolute atomic E-state index is 0. The van der Waals surface area contributed by atoms with Crippen LogP contribution >= 0.6 is 11.8 Å². The number of aromatic nitrogens is 1. The summed E-state index contributed by atoms with van der Waals surface area (Å²) in [6, 6.07) is 12.8. The Balaban J connectivity index is 0.00000176. The van der Waals surface area contributed by atoms with Gasteiger partial charge in [0.2, 0.25) is 0 Å². The Labute approximate surface area is 143 Å². The van der Waals surface area contributed by atoms with Crippen LogP contribution in [-0.4, -0.2) is 31.2 Å². The maximum Gasteiger partial charge on any atom is 0.147 e. The molecule has 0 atom stereocenters. The fourth-order valence-electron chi connectivity index (χ4n) is 2.76. The maximum absolute atomic E-state index is 4.63. The van der Waals surface area contributed by atoms with Gasteiger partial charge in [-0.15, -0.1) is 0 Å². The number of rotatable bonds is 5. The number of fused-ring (bicyclic) bond motifs is 2. The number of benzene rings is 1. The van der Waals surface area contributed by atoms with Gasteiger partial charge < -0.3 is 22.2 Å². The second-order valence-electron chi connectivity index (χ2n) is 5.25. The topological polar surface area (TPSA) is 20.6 Å². The van der Waals surface area contributed by atoms with Gasteiger partial charge in [0.25, 0.3) is 0 Å². The Morgan fingerprint density at radius 2 is 1.77 bits per heavy atom. The minimum Gasteiger partial charge on any atom is -1.00 e. The minimum atomic E-state index is 0. The van der Waals surface area contributed by atoms with Crippen LogP contribution in [0.3, 0.4) is 0 Å². The van der Waals surface area contributed by atoms with Gasteiger partial charge in [0.15, 0.2) is 0 Å². The van der Waals surface area contributed by atoms with Crippen molar-refractivity contribution in [3.63, 3.8) is 0 Å². The quantitative estimate of drug-likeness (QED) is 0.804. The van der Waals surface area contributed by atoms with E-state index in [1.165, 1.54) is 28.6 Å². The zero-order valence-electron chi connectivity index (χ0n) is 13.1. The molecule has 5 heteroatoms. The van der Waals surface area contributed by atoms with E-state index < -0.39 is 0 Å². The third-order valence-corrected chi connectivity index (χ3v) is 5.18. The molecule has 0 bridgehead atoms. The summed E-state index contributed by atoms with van der Waals surface area (Å²) < 4.78 is 0. The molecule has 0 saturated carbocycles. The highest BCUT2D eigenvalue weighted by atomic mass is 35.5. The molecule has 0 spiro atoms. The lowest BCUT2D eigenvalue weighted by atomic mass is 10.2. The Kier molecular flexibility index (Phi) is 6.12. The molecule has 0 unspecified atom stereocenters. The fraction of sp³-hybridized carbons (Fsp3) is 0.353. The van der Waals surface area contributed by atoms with E-state index in [1.807, 2.05) is 24.0 Å². The van der Waals surface area contributed by atoms with Crippen molar-refractivity contribution in [1.29, 1.82) is 0 Å². The second-order valence-corrected chi connectivity index (χ2v) is 6.34. The first kappa shape index (κ1) is 17.1. The SMILES string of the molecule is CC[NH+](CC)CCN1c2ccccc2Sc2cccnc21.[Cl-]. The molecule has 1 aliphatic heterocycles. The van der Waals surface area contributed by atoms with Gasteiger partial charge in [-0.1, -0.05) is 23.9 Å². The van der Waals surface area contributed by atoms with Crippen LogP contribution in [0, 0.1) is 0 Å². The number of nitrogens with zero attached hydrogens (tertiary/aromatic N) is 2. The van der Waals surface area contributed by atoms with Gasteiger partial charge in [0, 0.05) is 11.1 Å². The highest BCUT2D eigenvalue weighted by Gasteiger charge is 2.24. The van der Waals surface area contributed by atoms with Crippen LogP contribution in [0.1, 0.15) is 13.8 Å². The molecule has 2 aromatic rings. The van der Waals surface area contributed by atoms with Crippen molar-refractivity contribution in [3.8, 4) is 0 Å². The van der Waals surface area contributed by atoms with E-state index in [1.54, 1.807) is 4.90 Å². The van der Waals surface area contributed by atoms with Crippen LogP contribution < -0.4 is 22.2 Å². The summed E-state index contributed by atoms with van der Waals surface area (Å²) in [5.74, 6) is 1.10. The molecule has 1 aliphatic rings. The van der Waals surface area contributed by atoms with Gasteiger partial charge in [-0.05, 0) is 38.1 Å². The number of hydrogen-bond donors (Lipinski definition) is 1. The summed E-state index contributed by atoms with van der Waals surface area (Å²) in [7, 11) is 0. The Morgan fingerprint density at radius 3 is 2.55 bits per heavy atom. The van der Waals surface area contributed by atoms with E-state index in [2.05, 4.69) is 54.1 Å². The van der Waals surface area contributed by atoms with Crippen LogP contribution in [0.2, 0.25) is 0 Å². The number of pyridine rings is 1. The largest absolute Gasteiger partial charge is 1.00 e. The molecule has 0 aliphatic carbocycles. The van der Waals surface area contributed by atoms with Crippen LogP contribution in [0.25, 0.3) is 0 Å². The molecule has 2 heterocycles. The van der Waals surface area contributed by atoms with Gasteiger partial charge >= 0.3 is 0 Å². The lowest BCUT2D eigenvalue weighted by Gasteiger charge is -2.32. The molecule has 118 valence electrons. The standard InChI is InChI=1S/C17H21N3S.ClH/c1-3-19(4-2)12-13-20-14-8-5-6-9-15(14)21-16-10-7-11-18-17(16)20;/h5-11H,3-4,12-13H2,1-2H3;1H. The summed E-state index contributed by atoms with van der Waals surface area (Å²) >= 11 is 1.82. The number of likely N-dealkylation sites (N-methyl/N-ethyl adjacent to an activating group) is 1. The van der Waals surface area contributed by atoms with E-state index in [0.717, 1.165) is 18.9 Å². The average molecular weight is 336 g/mol. The molecule has 3 rings (SSSR count). The van der Waals surface area contributed by atoms with Gasteiger partial charge in [-0.3, -0.25) is 0 Å². The average Bonchev–Trinajstić information content (AvgIpc) is 2.54. The predicted octanol–water partition coefficient (Wildman–Crippen LogP) is -0.387. The Morgan fingerprint density at radius 1 is 1.05 bits per heavy atom. The summed E-state index contributed by atoms with van der Waals surface area (Å²) in [6.45, 7) is 9.02. The zero-order valence-corrected chi connectivity index (χ0v) is 14.6. The first-order valence-corrected chi connectivity index (χ1v) is 8.48. The predicted molar refractivity (Wildman–Crippen MR) is 88.7 cm³/mol. The Hall–Kier alpha value is -1.23. The molecular formula is C17H22ClN3S. The first-order chi connectivity index (χ1) is 10.3. The molecule has 1 aromatic heterocycles. The van der Waals surface area contributed by atoms with E-state index in [9.17, 15) is 0 Å². The summed E-state index contributed by atoms with van der Waals surface area (Å²) in [5.41, 5.74) is 1.29. The molecule has 0 radical (unpaired) electrons. The summed E-state index contributed by atoms with van der Waals surface area (Å²) in [6.07, 6.45) is 1.89. The highest BCUT2D eigenvalue weighted by Crippen LogP contribution is 2.46. The normalized spacial score (nSPS) is 12.6. The van der Waals surface area contributed by atoms with E-state index in [0.29, 0.717) is 0 Å². The number of halogens is 1. The van der Waals surface area contributed by atoms with E-state index in [4.69, 9.17) is 0 Å². The summed E-state index contributed by atoms with van der Waals surface area (Å²) in [5, 5.41) is 0. The van der Waals surface area contributed by atoms with Crippen molar-refractivity contribution in [3.05, 3.63) is 42.6 Å². The van der Waals surface area contributed by atoms with Crippen molar-refractivity contribution < 1.29 is 17.3 Å². The lowest BCUT2D eigenvalue weighted by molar-refractivity contribution is -0.894. The second kappa shape index (κ2) is 7.86. The van der Waals surface area contributed by atoms with Crippen molar-refractivity contribution in [1.82, 2.24) is 4.98 Å². The molecule has 0 fully saturated rings. The monoisotopic (exact) mass is 335 g/mol. The molecular weight excluding hydrogens is 314 g/mol. The first-order valence-electron chi connectivity index (χ1n) is 7.66. The number of hydrogen-bond acceptors (Lipinski definition) is 3. The molecule has 0 saturated heterocycles. The van der Waals surface area contributed by atoms with Gasteiger partial charge in [-0.25, -0.2) is 4.98 Å². The van der Waals surface area contributed by atoms with E-state index in [-0.39, 0.29) is 12.4 Å². The van der Waals surface area contributed by atoms with Crippen LogP contribution in [0.15, 0.2) is 52.4 Å². The van der Waals surface area contributed by atoms with Gasteiger partial charge in [-0.2, -0.15) is 0 Å². The Bertz CT molecular complexity index is 571. The maximum atomic E-state index is 4.63. The third-order valence-electron chi connectivity index (χ3n) is 4.07. The number of nitrogens with one attached hydrogen (secondary N) is 1. The van der Waals surface area contributed by atoms with Crippen LogP contribution in [0.4, 0.5) is 11.5 Å². The molecule has 1 N–H and O–H groups in total. The van der Waals surface area contributed by atoms with Crippen LogP contribution in [-0.2, 0) is 0 Å². The number of para-hydroxylation sites is 1. The number of anilines is 2. The molecule has 22 heavy (non-hydrogen) atoms. The van der Waals surface area contributed by atoms with Gasteiger partial charge in [0.1, 0.15) is 5.82 Å². The van der Waals surface area contributed by atoms with E-state index >= 15 is 0 Å². The van der Waals surface area contributed by atoms with Crippen molar-refractivity contribution in [2.24, 2.45) is 0 Å². The zero-order chi connectivity index (χ0) is 14.7. The molecule has 1 aromatic carbocycles. The highest BCUT2D eigenvalue weighted by molar-refractivity contribution is 7.99. The van der Waals surface area contributed by atoms with Crippen molar-refractivity contribution >= 4 is 23.3 Å². The molecule has 3 nitrogen and oxygen atoms in total. The lowest BCUT2D eigenvalue weighted by Crippen LogP contribution is -3.12. The third kappa shape index (κ3) is 3.40. The van der Waals surface area contributed by atoms with Crippen LogP contribution in [0.5, 0.6) is 0 Å². The smallest absolute Gasteiger partial charge is 0.147 e. The van der Waals surface area contributed by atoms with Gasteiger partial charge in [0.05, 0.1) is 36.8 Å². The molecule has 0 amide bonds. The van der Waals surface area contributed by atoms with Crippen molar-refractivity contribution in [2.75, 3.05) is 31.1 Å². The van der Waals surface area contributed by atoms with Crippen molar-refractivity contribution in [2.45, 2.75) is 23.6 Å². The summed E-state index contributed by atoms with van der Waals surface area (Å²) in [4.78, 5) is 11.2. The fourth-order valence-corrected chi connectivity index (χ4v) is 3.83.